The van der Waals surface area contributed by atoms with E-state index >= 15 is 0 Å². The maximum atomic E-state index is 12.4. The molecule has 0 aliphatic carbocycles. The number of ether oxygens (including phenoxy) is 4. The minimum atomic E-state index is -0.551. The first-order valence-electron chi connectivity index (χ1n) is 12.2. The highest BCUT2D eigenvalue weighted by Gasteiger charge is 2.31. The van der Waals surface area contributed by atoms with Crippen LogP contribution in [0.5, 0.6) is 23.0 Å². The number of hydrogen-bond donors (Lipinski definition) is 1. The van der Waals surface area contributed by atoms with E-state index in [1.807, 2.05) is 56.3 Å². The quantitative estimate of drug-likeness (QED) is 0.230. The number of unbranched alkanes of at least 4 members (excludes halogenated alkanes) is 1. The van der Waals surface area contributed by atoms with Crippen LogP contribution >= 0.6 is 0 Å². The number of rotatable bonds is 9. The van der Waals surface area contributed by atoms with Gasteiger partial charge in [0, 0.05) is 11.6 Å². The summed E-state index contributed by atoms with van der Waals surface area (Å²) in [4.78, 5) is 12.4. The summed E-state index contributed by atoms with van der Waals surface area (Å²) in [6.45, 7) is 6.52. The zero-order valence-corrected chi connectivity index (χ0v) is 21.2. The smallest absolute Gasteiger partial charge is 0.349 e. The van der Waals surface area contributed by atoms with E-state index in [9.17, 15) is 10.1 Å². The van der Waals surface area contributed by atoms with Crippen LogP contribution in [0.4, 0.5) is 0 Å². The molecule has 1 aliphatic heterocycles. The minimum absolute atomic E-state index is 0.0184. The molecule has 0 spiro atoms. The highest BCUT2D eigenvalue weighted by molar-refractivity contribution is 5.74. The summed E-state index contributed by atoms with van der Waals surface area (Å²) < 4.78 is 22.5. The Kier molecular flexibility index (Phi) is 7.99. The number of allylic oxidation sites excluding steroid dienone is 1. The van der Waals surface area contributed by atoms with Gasteiger partial charge in [0.05, 0.1) is 12.5 Å². The van der Waals surface area contributed by atoms with Crippen molar-refractivity contribution in [3.63, 3.8) is 0 Å². The molecule has 0 aromatic heterocycles. The molecule has 1 atom stereocenters. The number of nitrogens with zero attached hydrogens (tertiary/aromatic N) is 1. The molecule has 0 fully saturated rings. The molecule has 3 aromatic carbocycles. The third-order valence-electron chi connectivity index (χ3n) is 6.24. The van der Waals surface area contributed by atoms with Crippen molar-refractivity contribution in [3.05, 3.63) is 94.4 Å². The Morgan fingerprint density at radius 3 is 2.41 bits per heavy atom. The van der Waals surface area contributed by atoms with Crippen LogP contribution in [0.3, 0.4) is 0 Å². The Hall–Kier alpha value is -4.44. The fourth-order valence-corrected chi connectivity index (χ4v) is 4.04. The fraction of sp³-hybridized carbons (Fsp3) is 0.267. The van der Waals surface area contributed by atoms with Gasteiger partial charge in [-0.3, -0.25) is 0 Å². The molecule has 1 heterocycles. The standard InChI is InChI=1S/C30H30N2O5/c1-4-5-14-34-22-10-7-21(8-11-22)29-25-13-12-24(16-27(25)37-30(32)26(29)17-31)36-28(33)18-35-23-9-6-19(2)20(3)15-23/h6-13,15-16,29H,4-5,14,18,32H2,1-3H3. The van der Waals surface area contributed by atoms with Crippen LogP contribution in [0.15, 0.2) is 72.1 Å². The second-order valence-corrected chi connectivity index (χ2v) is 8.90. The van der Waals surface area contributed by atoms with Crippen LogP contribution in [-0.2, 0) is 4.79 Å². The Balaban J connectivity index is 1.49. The summed E-state index contributed by atoms with van der Waals surface area (Å²) in [6, 6.07) is 20.5. The van der Waals surface area contributed by atoms with E-state index in [4.69, 9.17) is 24.7 Å². The van der Waals surface area contributed by atoms with E-state index in [0.29, 0.717) is 29.4 Å². The van der Waals surface area contributed by atoms with Crippen LogP contribution < -0.4 is 24.7 Å². The summed E-state index contributed by atoms with van der Waals surface area (Å²) in [5.41, 5.74) is 10.3. The third kappa shape index (κ3) is 6.04. The average molecular weight is 499 g/mol. The Morgan fingerprint density at radius 2 is 1.70 bits per heavy atom. The van der Waals surface area contributed by atoms with Gasteiger partial charge in [0.25, 0.3) is 0 Å². The maximum absolute atomic E-state index is 12.4. The lowest BCUT2D eigenvalue weighted by molar-refractivity contribution is -0.136. The summed E-state index contributed by atoms with van der Waals surface area (Å²) in [6.07, 6.45) is 2.04. The molecule has 1 aliphatic rings. The van der Waals surface area contributed by atoms with Gasteiger partial charge in [-0.1, -0.05) is 37.6 Å². The van der Waals surface area contributed by atoms with Gasteiger partial charge >= 0.3 is 5.97 Å². The van der Waals surface area contributed by atoms with Gasteiger partial charge in [-0.2, -0.15) is 5.26 Å². The number of esters is 1. The van der Waals surface area contributed by atoms with Crippen molar-refractivity contribution >= 4 is 5.97 Å². The molecule has 0 saturated carbocycles. The molecule has 7 heteroatoms. The van der Waals surface area contributed by atoms with Crippen molar-refractivity contribution in [2.75, 3.05) is 13.2 Å². The van der Waals surface area contributed by atoms with Crippen LogP contribution in [0.1, 0.15) is 47.9 Å². The second-order valence-electron chi connectivity index (χ2n) is 8.90. The van der Waals surface area contributed by atoms with Crippen molar-refractivity contribution in [2.45, 2.75) is 39.5 Å². The predicted molar refractivity (Wildman–Crippen MR) is 140 cm³/mol. The van der Waals surface area contributed by atoms with Crippen molar-refractivity contribution in [1.29, 1.82) is 5.26 Å². The minimum Gasteiger partial charge on any atom is -0.494 e. The molecule has 4 rings (SSSR count). The SMILES string of the molecule is CCCCOc1ccc(C2C(C#N)=C(N)Oc3cc(OC(=O)COc4ccc(C)c(C)c4)ccc32)cc1. The number of nitriles is 1. The molecule has 190 valence electrons. The normalized spacial score (nSPS) is 14.3. The van der Waals surface area contributed by atoms with Gasteiger partial charge in [0.1, 0.15) is 34.6 Å². The number of fused-ring (bicyclic) bond motifs is 1. The largest absolute Gasteiger partial charge is 0.494 e. The zero-order valence-electron chi connectivity index (χ0n) is 21.2. The van der Waals surface area contributed by atoms with E-state index in [2.05, 4.69) is 13.0 Å². The van der Waals surface area contributed by atoms with Gasteiger partial charge in [-0.25, -0.2) is 4.79 Å². The molecule has 3 aromatic rings. The lowest BCUT2D eigenvalue weighted by Gasteiger charge is -2.26. The van der Waals surface area contributed by atoms with Gasteiger partial charge < -0.3 is 24.7 Å². The number of nitrogens with two attached hydrogens (primary N) is 1. The molecule has 7 nitrogen and oxygen atoms in total. The molecular weight excluding hydrogens is 468 g/mol. The van der Waals surface area contributed by atoms with Gasteiger partial charge in [0.15, 0.2) is 6.61 Å². The summed E-state index contributed by atoms with van der Waals surface area (Å²) in [5, 5.41) is 9.80. The lowest BCUT2D eigenvalue weighted by atomic mass is 9.83. The molecule has 1 unspecified atom stereocenters. The Morgan fingerprint density at radius 1 is 0.973 bits per heavy atom. The molecule has 0 amide bonds. The van der Waals surface area contributed by atoms with E-state index in [-0.39, 0.29) is 12.5 Å². The average Bonchev–Trinajstić information content (AvgIpc) is 2.89. The van der Waals surface area contributed by atoms with Gasteiger partial charge in [-0.05, 0) is 67.3 Å². The monoisotopic (exact) mass is 498 g/mol. The molecular formula is C30H30N2O5. The lowest BCUT2D eigenvalue weighted by Crippen LogP contribution is -2.21. The Labute approximate surface area is 217 Å². The topological polar surface area (TPSA) is 104 Å². The predicted octanol–water partition coefficient (Wildman–Crippen LogP) is 5.68. The van der Waals surface area contributed by atoms with Crippen molar-refractivity contribution < 1.29 is 23.7 Å². The van der Waals surface area contributed by atoms with Gasteiger partial charge in [-0.15, -0.1) is 0 Å². The molecule has 0 bridgehead atoms. The molecule has 37 heavy (non-hydrogen) atoms. The van der Waals surface area contributed by atoms with Crippen LogP contribution in [0.25, 0.3) is 0 Å². The van der Waals surface area contributed by atoms with E-state index in [1.54, 1.807) is 18.2 Å². The summed E-state index contributed by atoms with van der Waals surface area (Å²) in [7, 11) is 0. The van der Waals surface area contributed by atoms with E-state index in [1.165, 1.54) is 0 Å². The number of hydrogen-bond acceptors (Lipinski definition) is 7. The highest BCUT2D eigenvalue weighted by atomic mass is 16.6. The van der Waals surface area contributed by atoms with Crippen molar-refractivity contribution in [1.82, 2.24) is 0 Å². The van der Waals surface area contributed by atoms with E-state index in [0.717, 1.165) is 40.8 Å². The second kappa shape index (κ2) is 11.5. The number of carbonyl (C=O) groups is 1. The Bertz CT molecular complexity index is 1360. The maximum Gasteiger partial charge on any atom is 0.349 e. The fourth-order valence-electron chi connectivity index (χ4n) is 4.04. The van der Waals surface area contributed by atoms with Crippen molar-refractivity contribution in [3.8, 4) is 29.1 Å². The molecule has 2 N–H and O–H groups in total. The van der Waals surface area contributed by atoms with Crippen LogP contribution in [0.2, 0.25) is 0 Å². The summed E-state index contributed by atoms with van der Waals surface area (Å²) in [5.74, 6) is 1.13. The number of carbonyl (C=O) groups excluding carboxylic acids is 1. The summed E-state index contributed by atoms with van der Waals surface area (Å²) >= 11 is 0. The first-order chi connectivity index (χ1) is 17.9. The van der Waals surface area contributed by atoms with Crippen LogP contribution in [-0.4, -0.2) is 19.2 Å². The highest BCUT2D eigenvalue weighted by Crippen LogP contribution is 2.43. The van der Waals surface area contributed by atoms with Crippen LogP contribution in [0, 0.1) is 25.2 Å². The molecule has 0 saturated heterocycles. The molecule has 0 radical (unpaired) electrons. The van der Waals surface area contributed by atoms with Crippen molar-refractivity contribution in [2.24, 2.45) is 5.73 Å². The third-order valence-corrected chi connectivity index (χ3v) is 6.24. The first-order valence-corrected chi connectivity index (χ1v) is 12.2. The zero-order chi connectivity index (χ0) is 26.4. The van der Waals surface area contributed by atoms with E-state index < -0.39 is 11.9 Å². The first kappa shape index (κ1) is 25.6. The number of benzene rings is 3. The number of aryl methyl sites for hydroxylation is 2. The van der Waals surface area contributed by atoms with Gasteiger partial charge in [0.2, 0.25) is 5.88 Å².